The van der Waals surface area contributed by atoms with Crippen LogP contribution in [-0.4, -0.2) is 120 Å². The van der Waals surface area contributed by atoms with Crippen LogP contribution in [0.25, 0.3) is 22.3 Å². The van der Waals surface area contributed by atoms with Gasteiger partial charge in [0.05, 0.1) is 6.61 Å². The third kappa shape index (κ3) is 5.63. The third-order valence-electron chi connectivity index (χ3n) is 7.11. The molecule has 43 heavy (non-hydrogen) atoms. The van der Waals surface area contributed by atoms with Gasteiger partial charge in [-0.3, -0.25) is 4.79 Å². The van der Waals surface area contributed by atoms with E-state index in [1.165, 1.54) is 0 Å². The number of rotatable bonds is 7. The number of aliphatic carboxylic acids is 1. The minimum Gasteiger partial charge on any atom is -0.504 e. The molecule has 2 fully saturated rings. The Hall–Kier alpha value is -3.84. The highest BCUT2D eigenvalue weighted by atomic mass is 16.7. The zero-order chi connectivity index (χ0) is 31.2. The number of aromatic hydroxyl groups is 1. The van der Waals surface area contributed by atoms with Gasteiger partial charge < -0.3 is 69.3 Å². The van der Waals surface area contributed by atoms with Crippen molar-refractivity contribution in [3.05, 3.63) is 52.7 Å². The van der Waals surface area contributed by atoms with Crippen molar-refractivity contribution in [2.24, 2.45) is 0 Å². The predicted octanol–water partition coefficient (Wildman–Crippen LogP) is -2.38. The van der Waals surface area contributed by atoms with Gasteiger partial charge in [-0.1, -0.05) is 30.3 Å². The number of hydrogen-bond acceptors (Lipinski definition) is 15. The number of aliphatic hydroxyl groups is 7. The number of carboxylic acid groups (broad SMARTS) is 1. The van der Waals surface area contributed by atoms with Crippen LogP contribution >= 0.6 is 0 Å². The normalized spacial score (nSPS) is 32.8. The van der Waals surface area contributed by atoms with Crippen LogP contribution in [0.15, 0.2) is 51.7 Å². The number of benzene rings is 2. The first-order valence-electron chi connectivity index (χ1n) is 12.9. The number of ether oxygens (including phenoxy) is 4. The van der Waals surface area contributed by atoms with Crippen LogP contribution in [0.5, 0.6) is 17.2 Å². The molecular weight excluding hydrogens is 580 g/mol. The number of aliphatic hydroxyl groups excluding tert-OH is 7. The molecule has 0 amide bonds. The summed E-state index contributed by atoms with van der Waals surface area (Å²) in [7, 11) is 0. The molecule has 0 unspecified atom stereocenters. The van der Waals surface area contributed by atoms with Gasteiger partial charge in [0.1, 0.15) is 59.5 Å². The quantitative estimate of drug-likeness (QED) is 0.135. The van der Waals surface area contributed by atoms with E-state index in [-0.39, 0.29) is 11.3 Å². The fraction of sp³-hybridized carbons (Fsp3) is 0.407. The third-order valence-corrected chi connectivity index (χ3v) is 7.11. The lowest BCUT2D eigenvalue weighted by Crippen LogP contribution is -2.61. The number of fused-ring (bicyclic) bond motifs is 1. The summed E-state index contributed by atoms with van der Waals surface area (Å²) in [5.74, 6) is -3.94. The molecule has 0 saturated carbocycles. The Balaban J connectivity index is 1.62. The van der Waals surface area contributed by atoms with Crippen LogP contribution in [0.2, 0.25) is 0 Å². The molecule has 0 spiro atoms. The Kier molecular flexibility index (Phi) is 8.57. The maximum absolute atomic E-state index is 13.2. The molecule has 1 aromatic heterocycles. The Morgan fingerprint density at radius 3 is 2.07 bits per heavy atom. The summed E-state index contributed by atoms with van der Waals surface area (Å²) in [4.78, 5) is 24.7. The van der Waals surface area contributed by atoms with E-state index < -0.39 is 102 Å². The molecule has 3 heterocycles. The van der Waals surface area contributed by atoms with E-state index >= 15 is 0 Å². The van der Waals surface area contributed by atoms with Gasteiger partial charge in [-0.2, -0.15) is 0 Å². The molecule has 232 valence electrons. The first-order valence-corrected chi connectivity index (χ1v) is 12.9. The maximum atomic E-state index is 13.2. The first kappa shape index (κ1) is 30.6. The summed E-state index contributed by atoms with van der Waals surface area (Å²) in [5, 5.41) is 91.2. The lowest BCUT2D eigenvalue weighted by Gasteiger charge is -2.40. The molecule has 5 rings (SSSR count). The van der Waals surface area contributed by atoms with Gasteiger partial charge in [0.15, 0.2) is 23.0 Å². The van der Waals surface area contributed by atoms with Crippen molar-refractivity contribution in [2.75, 3.05) is 6.61 Å². The number of phenols is 1. The van der Waals surface area contributed by atoms with Crippen LogP contribution in [-0.2, 0) is 14.3 Å². The Bertz CT molecular complexity index is 1520. The fourth-order valence-corrected chi connectivity index (χ4v) is 4.76. The average Bonchev–Trinajstić information content (AvgIpc) is 2.99. The number of carboxylic acids is 1. The highest BCUT2D eigenvalue weighted by Crippen LogP contribution is 2.45. The molecular formula is C27H28O16. The number of carbonyl (C=O) groups is 1. The van der Waals surface area contributed by atoms with Crippen molar-refractivity contribution >= 4 is 16.9 Å². The van der Waals surface area contributed by atoms with E-state index in [0.717, 1.165) is 12.1 Å². The van der Waals surface area contributed by atoms with E-state index in [1.807, 2.05) is 0 Å². The van der Waals surface area contributed by atoms with Gasteiger partial charge >= 0.3 is 5.97 Å². The number of hydrogen-bond donors (Lipinski definition) is 9. The van der Waals surface area contributed by atoms with Crippen molar-refractivity contribution in [1.29, 1.82) is 0 Å². The summed E-state index contributed by atoms with van der Waals surface area (Å²) in [6, 6.07) is 10.5. The largest absolute Gasteiger partial charge is 0.504 e. The minimum absolute atomic E-state index is 0.0736. The molecule has 9 N–H and O–H groups in total. The molecule has 2 saturated heterocycles. The highest BCUT2D eigenvalue weighted by Gasteiger charge is 2.49. The SMILES string of the molecule is O=C(O)[C@H]1O[C@@H](Oc2cc3oc(-c4ccccc4)cc(=O)c3c(O)c2O[C@@H]2O[C@H](CO)[C@@H](O)[C@H](O)[C@H]2O)[C@H](O)[C@@H](O)[C@@H]1O. The second-order valence-corrected chi connectivity index (χ2v) is 9.93. The standard InChI is InChI=1S/C27H28O16/c28-8-14-16(30)18(32)21(35)27(41-14)42-23-13(40-26-22(36)19(33)20(34)24(43-26)25(37)38)7-12-15(17(23)31)10(29)6-11(39-12)9-4-2-1-3-5-9/h1-7,14,16,18-22,24,26-28,30-36H,8H2,(H,37,38)/t14-,16-,18+,19+,20+,21-,22-,24+,26-,27+/m1/s1. The van der Waals surface area contributed by atoms with Crippen LogP contribution in [0, 0.1) is 0 Å². The Labute approximate surface area is 240 Å². The van der Waals surface area contributed by atoms with E-state index in [1.54, 1.807) is 30.3 Å². The van der Waals surface area contributed by atoms with Gasteiger partial charge in [-0.15, -0.1) is 0 Å². The van der Waals surface area contributed by atoms with Crippen molar-refractivity contribution in [3.63, 3.8) is 0 Å². The summed E-state index contributed by atoms with van der Waals surface area (Å²) in [5.41, 5.74) is -0.570. The lowest BCUT2D eigenvalue weighted by atomic mass is 9.99. The van der Waals surface area contributed by atoms with Gasteiger partial charge in [0, 0.05) is 17.7 Å². The minimum atomic E-state index is -2.06. The van der Waals surface area contributed by atoms with Crippen molar-refractivity contribution < 1.29 is 74.1 Å². The van der Waals surface area contributed by atoms with Crippen LogP contribution in [0.4, 0.5) is 0 Å². The lowest BCUT2D eigenvalue weighted by molar-refractivity contribution is -0.280. The second kappa shape index (κ2) is 12.0. The van der Waals surface area contributed by atoms with Crippen molar-refractivity contribution in [2.45, 2.75) is 61.4 Å². The highest BCUT2D eigenvalue weighted by molar-refractivity contribution is 5.89. The monoisotopic (exact) mass is 608 g/mol. The molecule has 2 aliphatic heterocycles. The molecule has 0 radical (unpaired) electrons. The zero-order valence-electron chi connectivity index (χ0n) is 21.9. The van der Waals surface area contributed by atoms with Gasteiger partial charge in [-0.05, 0) is 0 Å². The molecule has 2 aliphatic rings. The molecule has 10 atom stereocenters. The van der Waals surface area contributed by atoms with E-state index in [0.29, 0.717) is 5.56 Å². The smallest absolute Gasteiger partial charge is 0.335 e. The van der Waals surface area contributed by atoms with Gasteiger partial charge in [0.2, 0.25) is 18.3 Å². The van der Waals surface area contributed by atoms with Crippen molar-refractivity contribution in [1.82, 2.24) is 0 Å². The summed E-state index contributed by atoms with van der Waals surface area (Å²) >= 11 is 0. The van der Waals surface area contributed by atoms with Crippen molar-refractivity contribution in [3.8, 4) is 28.6 Å². The summed E-state index contributed by atoms with van der Waals surface area (Å²) in [6.45, 7) is -0.817. The van der Waals surface area contributed by atoms with E-state index in [2.05, 4.69) is 0 Å². The fourth-order valence-electron chi connectivity index (χ4n) is 4.76. The topological polar surface area (TPSA) is 266 Å². The van der Waals surface area contributed by atoms with Gasteiger partial charge in [-0.25, -0.2) is 4.79 Å². The van der Waals surface area contributed by atoms with E-state index in [4.69, 9.17) is 23.4 Å². The Morgan fingerprint density at radius 2 is 1.44 bits per heavy atom. The summed E-state index contributed by atoms with van der Waals surface area (Å²) in [6.07, 6.45) is -19.2. The number of phenolic OH excluding ortho intramolecular Hbond substituents is 1. The molecule has 16 nitrogen and oxygen atoms in total. The summed E-state index contributed by atoms with van der Waals surface area (Å²) < 4.78 is 27.5. The first-order chi connectivity index (χ1) is 20.4. The molecule has 0 bridgehead atoms. The molecule has 2 aromatic carbocycles. The zero-order valence-corrected chi connectivity index (χ0v) is 21.9. The van der Waals surface area contributed by atoms with Crippen LogP contribution < -0.4 is 14.9 Å². The van der Waals surface area contributed by atoms with E-state index in [9.17, 15) is 55.5 Å². The molecule has 3 aromatic rings. The molecule has 16 heteroatoms. The predicted molar refractivity (Wildman–Crippen MR) is 139 cm³/mol. The van der Waals surface area contributed by atoms with Crippen LogP contribution in [0.3, 0.4) is 0 Å². The second-order valence-electron chi connectivity index (χ2n) is 9.93. The van der Waals surface area contributed by atoms with Crippen LogP contribution in [0.1, 0.15) is 0 Å². The maximum Gasteiger partial charge on any atom is 0.335 e. The average molecular weight is 609 g/mol. The Morgan fingerprint density at radius 1 is 0.814 bits per heavy atom. The van der Waals surface area contributed by atoms with Gasteiger partial charge in [0.25, 0.3) is 0 Å². The molecule has 0 aliphatic carbocycles.